The Kier molecular flexibility index (Phi) is 4.42. The number of benzene rings is 2. The largest absolute Gasteiger partial charge is 0.456 e. The molecule has 4 nitrogen and oxygen atoms in total. The van der Waals surface area contributed by atoms with Gasteiger partial charge in [0.05, 0.1) is 16.8 Å². The van der Waals surface area contributed by atoms with E-state index in [-0.39, 0.29) is 30.0 Å². The number of halogens is 4. The summed E-state index contributed by atoms with van der Waals surface area (Å²) >= 11 is 6.24. The van der Waals surface area contributed by atoms with Gasteiger partial charge in [-0.1, -0.05) is 35.9 Å². The quantitative estimate of drug-likeness (QED) is 0.678. The highest BCUT2D eigenvalue weighted by Crippen LogP contribution is 2.44. The van der Waals surface area contributed by atoms with Crippen LogP contribution in [0.2, 0.25) is 5.02 Å². The van der Waals surface area contributed by atoms with Crippen LogP contribution in [0.1, 0.15) is 23.5 Å². The molecular weight excluding hydrogens is 395 g/mol. The Morgan fingerprint density at radius 3 is 2.54 bits per heavy atom. The van der Waals surface area contributed by atoms with Crippen LogP contribution in [0, 0.1) is 0 Å². The van der Waals surface area contributed by atoms with Crippen molar-refractivity contribution in [2.75, 3.05) is 11.5 Å². The third kappa shape index (κ3) is 3.05. The first-order chi connectivity index (χ1) is 13.3. The topological polar surface area (TPSA) is 46.6 Å². The fourth-order valence-corrected chi connectivity index (χ4v) is 3.87. The molecule has 2 aromatic carbocycles. The summed E-state index contributed by atoms with van der Waals surface area (Å²) in [5.74, 6) is -1.63. The molecule has 0 bridgehead atoms. The second kappa shape index (κ2) is 6.67. The van der Waals surface area contributed by atoms with E-state index in [1.54, 1.807) is 24.3 Å². The molecule has 144 valence electrons. The van der Waals surface area contributed by atoms with Gasteiger partial charge in [0.15, 0.2) is 0 Å². The summed E-state index contributed by atoms with van der Waals surface area (Å²) in [6, 6.07) is 11.3. The smallest absolute Gasteiger partial charge is 0.416 e. The van der Waals surface area contributed by atoms with E-state index in [9.17, 15) is 22.8 Å². The molecular formula is C20H13ClF3NO3. The van der Waals surface area contributed by atoms with Crippen LogP contribution < -0.4 is 4.90 Å². The van der Waals surface area contributed by atoms with E-state index < -0.39 is 29.5 Å². The minimum atomic E-state index is -4.55. The summed E-state index contributed by atoms with van der Waals surface area (Å²) in [6.07, 6.45) is -4.65. The predicted molar refractivity (Wildman–Crippen MR) is 95.7 cm³/mol. The van der Waals surface area contributed by atoms with Gasteiger partial charge < -0.3 is 4.74 Å². The van der Waals surface area contributed by atoms with Gasteiger partial charge in [-0.25, -0.2) is 4.79 Å². The van der Waals surface area contributed by atoms with Crippen molar-refractivity contribution < 1.29 is 27.5 Å². The average Bonchev–Trinajstić information content (AvgIpc) is 3.02. The molecule has 8 heteroatoms. The Balaban J connectivity index is 1.84. The zero-order valence-corrected chi connectivity index (χ0v) is 15.1. The maximum Gasteiger partial charge on any atom is 0.416 e. The van der Waals surface area contributed by atoms with E-state index in [4.69, 9.17) is 16.3 Å². The highest BCUT2D eigenvalue weighted by molar-refractivity contribution is 6.31. The second-order valence-corrected chi connectivity index (χ2v) is 6.90. The molecule has 28 heavy (non-hydrogen) atoms. The fraction of sp³-hybridized carbons (Fsp3) is 0.200. The first-order valence-corrected chi connectivity index (χ1v) is 8.80. The zero-order valence-electron chi connectivity index (χ0n) is 14.3. The summed E-state index contributed by atoms with van der Waals surface area (Å²) in [5, 5.41) is 0.402. The molecule has 2 aliphatic heterocycles. The lowest BCUT2D eigenvalue weighted by atomic mass is 9.84. The van der Waals surface area contributed by atoms with Crippen LogP contribution in [-0.4, -0.2) is 18.5 Å². The molecule has 4 rings (SSSR count). The molecule has 0 saturated carbocycles. The monoisotopic (exact) mass is 407 g/mol. The Bertz CT molecular complexity index is 1020. The molecule has 0 radical (unpaired) electrons. The van der Waals surface area contributed by atoms with E-state index in [1.807, 2.05) is 0 Å². The SMILES string of the molecule is O=C1OCC2=C1[C@H](c1ccccc1Cl)CC(=O)N2c1cccc(C(F)(F)F)c1. The van der Waals surface area contributed by atoms with E-state index in [2.05, 4.69) is 0 Å². The molecule has 1 amide bonds. The normalized spacial score (nSPS) is 19.7. The third-order valence-electron chi connectivity index (χ3n) is 4.83. The van der Waals surface area contributed by atoms with Gasteiger partial charge in [0.1, 0.15) is 6.61 Å². The molecule has 1 atom stereocenters. The first kappa shape index (κ1) is 18.6. The molecule has 0 saturated heterocycles. The minimum Gasteiger partial charge on any atom is -0.456 e. The van der Waals surface area contributed by atoms with Crippen LogP contribution in [0.5, 0.6) is 0 Å². The van der Waals surface area contributed by atoms with Gasteiger partial charge in [0, 0.05) is 23.0 Å². The van der Waals surface area contributed by atoms with Crippen LogP contribution in [0.4, 0.5) is 18.9 Å². The Hall–Kier alpha value is -2.80. The number of carbonyl (C=O) groups excluding carboxylic acids is 2. The summed E-state index contributed by atoms with van der Waals surface area (Å²) in [7, 11) is 0. The van der Waals surface area contributed by atoms with Crippen LogP contribution in [0.25, 0.3) is 0 Å². The van der Waals surface area contributed by atoms with Gasteiger partial charge in [0.2, 0.25) is 5.91 Å². The lowest BCUT2D eigenvalue weighted by Crippen LogP contribution is -2.37. The van der Waals surface area contributed by atoms with Crippen molar-refractivity contribution in [3.05, 3.63) is 76.0 Å². The second-order valence-electron chi connectivity index (χ2n) is 6.49. The van der Waals surface area contributed by atoms with Crippen molar-refractivity contribution in [1.29, 1.82) is 0 Å². The third-order valence-corrected chi connectivity index (χ3v) is 5.17. The van der Waals surface area contributed by atoms with Gasteiger partial charge in [-0.15, -0.1) is 0 Å². The Morgan fingerprint density at radius 1 is 1.07 bits per heavy atom. The number of hydrogen-bond acceptors (Lipinski definition) is 3. The highest BCUT2D eigenvalue weighted by Gasteiger charge is 2.44. The molecule has 2 aliphatic rings. The number of hydrogen-bond donors (Lipinski definition) is 0. The van der Waals surface area contributed by atoms with E-state index in [1.165, 1.54) is 12.1 Å². The first-order valence-electron chi connectivity index (χ1n) is 8.42. The van der Waals surface area contributed by atoms with Gasteiger partial charge in [-0.2, -0.15) is 13.2 Å². The number of cyclic esters (lactones) is 1. The van der Waals surface area contributed by atoms with Gasteiger partial charge in [0.25, 0.3) is 0 Å². The summed E-state index contributed by atoms with van der Waals surface area (Å²) < 4.78 is 44.4. The van der Waals surface area contributed by atoms with Gasteiger partial charge in [-0.3, -0.25) is 9.69 Å². The van der Waals surface area contributed by atoms with Crippen LogP contribution in [0.15, 0.2) is 59.8 Å². The van der Waals surface area contributed by atoms with Gasteiger partial charge >= 0.3 is 12.1 Å². The standard InChI is InChI=1S/C20H13ClF3NO3/c21-15-7-2-1-6-13(15)14-9-17(26)25(16-10-28-19(27)18(14)16)12-5-3-4-11(8-12)20(22,23)24/h1-8,14H,9-10H2/t14-/m0/s1. The zero-order chi connectivity index (χ0) is 20.1. The lowest BCUT2D eigenvalue weighted by Gasteiger charge is -2.32. The van der Waals surface area contributed by atoms with Crippen LogP contribution in [0.3, 0.4) is 0 Å². The van der Waals surface area contributed by atoms with Gasteiger partial charge in [-0.05, 0) is 29.8 Å². The minimum absolute atomic E-state index is 0.0447. The number of alkyl halides is 3. The molecule has 0 N–H and O–H groups in total. The number of anilines is 1. The number of nitrogens with zero attached hydrogens (tertiary/aromatic N) is 1. The Morgan fingerprint density at radius 2 is 1.82 bits per heavy atom. The molecule has 0 aliphatic carbocycles. The van der Waals surface area contributed by atoms with Crippen molar-refractivity contribution in [2.45, 2.75) is 18.5 Å². The molecule has 2 aromatic rings. The lowest BCUT2D eigenvalue weighted by molar-refractivity contribution is -0.138. The number of ether oxygens (including phenoxy) is 1. The molecule has 0 aromatic heterocycles. The van der Waals surface area contributed by atoms with E-state index in [0.29, 0.717) is 10.6 Å². The number of carbonyl (C=O) groups is 2. The average molecular weight is 408 g/mol. The predicted octanol–water partition coefficient (Wildman–Crippen LogP) is 4.69. The van der Waals surface area contributed by atoms with Crippen LogP contribution >= 0.6 is 11.6 Å². The molecule has 0 fully saturated rings. The number of amides is 1. The Labute approximate surface area is 163 Å². The van der Waals surface area contributed by atoms with Crippen LogP contribution in [-0.2, 0) is 20.5 Å². The summed E-state index contributed by atoms with van der Waals surface area (Å²) in [6.45, 7) is -0.183. The summed E-state index contributed by atoms with van der Waals surface area (Å²) in [4.78, 5) is 26.4. The van der Waals surface area contributed by atoms with Crippen molar-refractivity contribution in [1.82, 2.24) is 0 Å². The molecule has 0 spiro atoms. The van der Waals surface area contributed by atoms with E-state index in [0.717, 1.165) is 17.0 Å². The maximum atomic E-state index is 13.1. The summed E-state index contributed by atoms with van der Waals surface area (Å²) in [5.41, 5.74) is 0.282. The maximum absolute atomic E-state index is 13.1. The van der Waals surface area contributed by atoms with E-state index >= 15 is 0 Å². The molecule has 0 unspecified atom stereocenters. The number of esters is 1. The fourth-order valence-electron chi connectivity index (χ4n) is 3.60. The van der Waals surface area contributed by atoms with Crippen molar-refractivity contribution in [3.8, 4) is 0 Å². The van der Waals surface area contributed by atoms with Crippen molar-refractivity contribution in [3.63, 3.8) is 0 Å². The van der Waals surface area contributed by atoms with Crippen molar-refractivity contribution in [2.24, 2.45) is 0 Å². The highest BCUT2D eigenvalue weighted by atomic mass is 35.5. The number of rotatable bonds is 2. The van der Waals surface area contributed by atoms with Crippen molar-refractivity contribution >= 4 is 29.2 Å². The molecule has 2 heterocycles.